The molecule has 2 amide bonds. The Kier molecular flexibility index (Phi) is 6.69. The fourth-order valence-corrected chi connectivity index (χ4v) is 3.73. The molecule has 0 atom stereocenters. The average Bonchev–Trinajstić information content (AvgIpc) is 3.08. The van der Waals surface area contributed by atoms with Crippen LogP contribution in [0.15, 0.2) is 83.7 Å². The lowest BCUT2D eigenvalue weighted by atomic mass is 10.2. The van der Waals surface area contributed by atoms with E-state index in [4.69, 9.17) is 0 Å². The van der Waals surface area contributed by atoms with E-state index in [1.165, 1.54) is 9.13 Å². The van der Waals surface area contributed by atoms with Crippen LogP contribution in [-0.2, 0) is 35.8 Å². The zero-order valence-electron chi connectivity index (χ0n) is 18.5. The van der Waals surface area contributed by atoms with Crippen LogP contribution in [0.5, 0.6) is 0 Å². The normalized spacial score (nSPS) is 10.8. The highest BCUT2D eigenvalue weighted by atomic mass is 16.2. The van der Waals surface area contributed by atoms with E-state index in [1.54, 1.807) is 0 Å². The number of rotatable bonds is 8. The van der Waals surface area contributed by atoms with Gasteiger partial charge in [0.05, 0.1) is 11.0 Å². The van der Waals surface area contributed by atoms with Crippen LogP contribution in [-0.4, -0.2) is 20.9 Å². The van der Waals surface area contributed by atoms with Crippen molar-refractivity contribution in [3.63, 3.8) is 0 Å². The first-order valence-electron chi connectivity index (χ1n) is 10.8. The third kappa shape index (κ3) is 5.38. The predicted molar refractivity (Wildman–Crippen MR) is 128 cm³/mol. The number of fused-ring (bicyclic) bond motifs is 1. The van der Waals surface area contributed by atoms with E-state index in [0.717, 1.165) is 16.7 Å². The third-order valence-electron chi connectivity index (χ3n) is 5.44. The van der Waals surface area contributed by atoms with Gasteiger partial charge in [0, 0.05) is 13.1 Å². The van der Waals surface area contributed by atoms with E-state index < -0.39 is 0 Å². The molecule has 1 aromatic heterocycles. The molecule has 0 fully saturated rings. The number of imidazole rings is 1. The van der Waals surface area contributed by atoms with Gasteiger partial charge in [0.2, 0.25) is 11.8 Å². The number of hydrogen-bond donors (Lipinski definition) is 2. The quantitative estimate of drug-likeness (QED) is 0.440. The van der Waals surface area contributed by atoms with Gasteiger partial charge in [0.1, 0.15) is 13.1 Å². The first-order chi connectivity index (χ1) is 16.0. The second-order valence-corrected chi connectivity index (χ2v) is 7.97. The Labute approximate surface area is 191 Å². The second kappa shape index (κ2) is 9.99. The first kappa shape index (κ1) is 22.1. The molecule has 168 valence electrons. The zero-order chi connectivity index (χ0) is 23.2. The Morgan fingerprint density at radius 1 is 0.697 bits per heavy atom. The maximum absolute atomic E-state index is 13.2. The largest absolute Gasteiger partial charge is 0.350 e. The van der Waals surface area contributed by atoms with E-state index >= 15 is 0 Å². The van der Waals surface area contributed by atoms with E-state index in [2.05, 4.69) is 10.6 Å². The van der Waals surface area contributed by atoms with Crippen molar-refractivity contribution < 1.29 is 9.59 Å². The van der Waals surface area contributed by atoms with Crippen LogP contribution >= 0.6 is 0 Å². The van der Waals surface area contributed by atoms with Gasteiger partial charge in [-0.2, -0.15) is 0 Å². The summed E-state index contributed by atoms with van der Waals surface area (Å²) in [5, 5.41) is 5.71. The summed E-state index contributed by atoms with van der Waals surface area (Å²) in [6.45, 7) is 2.45. The van der Waals surface area contributed by atoms with Gasteiger partial charge in [-0.05, 0) is 35.7 Å². The van der Waals surface area contributed by atoms with Gasteiger partial charge in [-0.1, -0.05) is 66.7 Å². The first-order valence-corrected chi connectivity index (χ1v) is 10.8. The zero-order valence-corrected chi connectivity index (χ0v) is 18.5. The molecule has 0 aliphatic heterocycles. The molecule has 7 nitrogen and oxygen atoms in total. The molecule has 1 heterocycles. The van der Waals surface area contributed by atoms with Crippen LogP contribution in [0, 0.1) is 6.92 Å². The molecule has 2 N–H and O–H groups in total. The lowest BCUT2D eigenvalue weighted by Crippen LogP contribution is -2.35. The number of hydrogen-bond acceptors (Lipinski definition) is 3. The van der Waals surface area contributed by atoms with Crippen LogP contribution in [0.2, 0.25) is 0 Å². The summed E-state index contributed by atoms with van der Waals surface area (Å²) < 4.78 is 2.84. The number of carbonyl (C=O) groups is 2. The Bertz CT molecular complexity index is 1320. The molecule has 3 aromatic carbocycles. The molecule has 0 saturated heterocycles. The number of carbonyl (C=O) groups excluding carboxylic acids is 2. The van der Waals surface area contributed by atoms with Crippen LogP contribution < -0.4 is 16.3 Å². The van der Waals surface area contributed by atoms with Gasteiger partial charge < -0.3 is 10.6 Å². The van der Waals surface area contributed by atoms with Crippen LogP contribution in [0.4, 0.5) is 0 Å². The third-order valence-corrected chi connectivity index (χ3v) is 5.44. The molecule has 33 heavy (non-hydrogen) atoms. The summed E-state index contributed by atoms with van der Waals surface area (Å²) in [5.74, 6) is -0.538. The summed E-state index contributed by atoms with van der Waals surface area (Å²) in [7, 11) is 0. The van der Waals surface area contributed by atoms with Crippen molar-refractivity contribution in [1.82, 2.24) is 19.8 Å². The lowest BCUT2D eigenvalue weighted by Gasteiger charge is -2.07. The Hall–Kier alpha value is -4.13. The number of benzene rings is 3. The smallest absolute Gasteiger partial charge is 0.330 e. The molecular weight excluding hydrogens is 416 g/mol. The maximum atomic E-state index is 13.2. The maximum Gasteiger partial charge on any atom is 0.330 e. The number of aromatic nitrogens is 2. The molecule has 0 saturated carbocycles. The number of nitrogens with zero attached hydrogens (tertiary/aromatic N) is 2. The topological polar surface area (TPSA) is 85.1 Å². The summed E-state index contributed by atoms with van der Waals surface area (Å²) in [6.07, 6.45) is 0. The fourth-order valence-electron chi connectivity index (χ4n) is 3.73. The fraction of sp³-hybridized carbons (Fsp3) is 0.192. The second-order valence-electron chi connectivity index (χ2n) is 7.97. The van der Waals surface area contributed by atoms with Gasteiger partial charge in [-0.25, -0.2) is 4.79 Å². The van der Waals surface area contributed by atoms with Gasteiger partial charge in [0.25, 0.3) is 0 Å². The van der Waals surface area contributed by atoms with E-state index in [0.29, 0.717) is 24.1 Å². The highest BCUT2D eigenvalue weighted by molar-refractivity contribution is 5.83. The Balaban J connectivity index is 1.51. The Morgan fingerprint density at radius 3 is 1.70 bits per heavy atom. The van der Waals surface area contributed by atoms with Crippen molar-refractivity contribution in [2.24, 2.45) is 0 Å². The van der Waals surface area contributed by atoms with Crippen LogP contribution in [0.1, 0.15) is 16.7 Å². The molecule has 0 spiro atoms. The Morgan fingerprint density at radius 2 is 1.18 bits per heavy atom. The lowest BCUT2D eigenvalue weighted by molar-refractivity contribution is -0.122. The number of amides is 2. The highest BCUT2D eigenvalue weighted by Crippen LogP contribution is 2.15. The number of nitrogens with one attached hydrogen (secondary N) is 2. The van der Waals surface area contributed by atoms with Crippen molar-refractivity contribution in [3.8, 4) is 0 Å². The van der Waals surface area contributed by atoms with E-state index in [-0.39, 0.29) is 30.6 Å². The standard InChI is InChI=1S/C26H26N4O3/c1-19-12-13-22-23(14-19)30(18-25(32)28-16-21-10-6-3-7-11-21)26(33)29(22)17-24(31)27-15-20-8-4-2-5-9-20/h2-14H,15-18H2,1H3,(H,27,31)(H,28,32). The van der Waals surface area contributed by atoms with Gasteiger partial charge in [0.15, 0.2) is 0 Å². The summed E-state index contributed by atoms with van der Waals surface area (Å²) in [4.78, 5) is 38.4. The molecular formula is C26H26N4O3. The molecule has 0 bridgehead atoms. The molecule has 0 unspecified atom stereocenters. The molecule has 7 heteroatoms. The molecule has 0 aliphatic carbocycles. The minimum Gasteiger partial charge on any atom is -0.350 e. The minimum atomic E-state index is -0.389. The number of aryl methyl sites for hydroxylation is 1. The molecule has 4 aromatic rings. The van der Waals surface area contributed by atoms with Gasteiger partial charge in [-0.3, -0.25) is 18.7 Å². The highest BCUT2D eigenvalue weighted by Gasteiger charge is 2.17. The molecule has 4 rings (SSSR count). The van der Waals surface area contributed by atoms with Crippen molar-refractivity contribution >= 4 is 22.8 Å². The summed E-state index contributed by atoms with van der Waals surface area (Å²) >= 11 is 0. The van der Waals surface area contributed by atoms with Crippen molar-refractivity contribution in [2.45, 2.75) is 33.1 Å². The summed E-state index contributed by atoms with van der Waals surface area (Å²) in [5.41, 5.74) is 3.78. The summed E-state index contributed by atoms with van der Waals surface area (Å²) in [6, 6.07) is 24.7. The minimum absolute atomic E-state index is 0.121. The van der Waals surface area contributed by atoms with Crippen molar-refractivity contribution in [3.05, 3.63) is 106 Å². The van der Waals surface area contributed by atoms with Crippen molar-refractivity contribution in [1.29, 1.82) is 0 Å². The molecule has 0 radical (unpaired) electrons. The van der Waals surface area contributed by atoms with Gasteiger partial charge in [-0.15, -0.1) is 0 Å². The SMILES string of the molecule is Cc1ccc2c(c1)n(CC(=O)NCc1ccccc1)c(=O)n2CC(=O)NCc1ccccc1. The average molecular weight is 443 g/mol. The predicted octanol–water partition coefficient (Wildman–Crippen LogP) is 2.74. The van der Waals surface area contributed by atoms with Crippen LogP contribution in [0.3, 0.4) is 0 Å². The van der Waals surface area contributed by atoms with Crippen LogP contribution in [0.25, 0.3) is 11.0 Å². The van der Waals surface area contributed by atoms with E-state index in [9.17, 15) is 14.4 Å². The molecule has 0 aliphatic rings. The monoisotopic (exact) mass is 442 g/mol. The van der Waals surface area contributed by atoms with Crippen molar-refractivity contribution in [2.75, 3.05) is 0 Å². The van der Waals surface area contributed by atoms with Gasteiger partial charge >= 0.3 is 5.69 Å². The van der Waals surface area contributed by atoms with E-state index in [1.807, 2.05) is 85.8 Å².